The van der Waals surface area contributed by atoms with Gasteiger partial charge in [0.2, 0.25) is 0 Å². The molecule has 138 valence electrons. The van der Waals surface area contributed by atoms with E-state index in [9.17, 15) is 13.2 Å². The molecule has 0 saturated carbocycles. The van der Waals surface area contributed by atoms with Crippen LogP contribution < -0.4 is 0 Å². The molecule has 0 N–H and O–H groups in total. The first-order valence-electron chi connectivity index (χ1n) is 9.70. The predicted octanol–water partition coefficient (Wildman–Crippen LogP) is 7.95. The van der Waals surface area contributed by atoms with Crippen LogP contribution in [0.15, 0.2) is 24.3 Å². The zero-order chi connectivity index (χ0) is 17.7. The summed E-state index contributed by atoms with van der Waals surface area (Å²) in [6.45, 7) is 2.25. The lowest BCUT2D eigenvalue weighted by molar-refractivity contribution is -0.137. The van der Waals surface area contributed by atoms with Crippen LogP contribution in [0.25, 0.3) is 0 Å². The quantitative estimate of drug-likeness (QED) is 0.319. The summed E-state index contributed by atoms with van der Waals surface area (Å²) in [6, 6.07) is 5.61. The molecular formula is C21H33F3. The normalized spacial score (nSPS) is 11.8. The Balaban J connectivity index is 1.95. The summed E-state index contributed by atoms with van der Waals surface area (Å²) in [5.41, 5.74) is 0.455. The Labute approximate surface area is 145 Å². The molecule has 0 nitrogen and oxygen atoms in total. The number of halogens is 3. The highest BCUT2D eigenvalue weighted by Crippen LogP contribution is 2.29. The van der Waals surface area contributed by atoms with E-state index in [0.717, 1.165) is 18.4 Å². The Morgan fingerprint density at radius 2 is 1.04 bits per heavy atom. The van der Waals surface area contributed by atoms with E-state index in [2.05, 4.69) is 6.92 Å². The van der Waals surface area contributed by atoms with Gasteiger partial charge >= 0.3 is 6.18 Å². The molecule has 1 rings (SSSR count). The maximum atomic E-state index is 12.5. The van der Waals surface area contributed by atoms with Crippen molar-refractivity contribution in [2.75, 3.05) is 0 Å². The molecular weight excluding hydrogens is 309 g/mol. The fourth-order valence-corrected chi connectivity index (χ4v) is 3.03. The van der Waals surface area contributed by atoms with E-state index < -0.39 is 11.7 Å². The van der Waals surface area contributed by atoms with E-state index >= 15 is 0 Å². The van der Waals surface area contributed by atoms with Gasteiger partial charge in [-0.05, 0) is 30.5 Å². The summed E-state index contributed by atoms with van der Waals surface area (Å²) in [5.74, 6) is 0. The van der Waals surface area contributed by atoms with Gasteiger partial charge < -0.3 is 0 Å². The van der Waals surface area contributed by atoms with Crippen molar-refractivity contribution in [3.63, 3.8) is 0 Å². The van der Waals surface area contributed by atoms with Gasteiger partial charge in [-0.15, -0.1) is 0 Å². The first-order chi connectivity index (χ1) is 11.5. The predicted molar refractivity (Wildman–Crippen MR) is 96.2 cm³/mol. The molecule has 0 heterocycles. The molecule has 0 amide bonds. The molecule has 0 unspecified atom stereocenters. The molecule has 0 spiro atoms. The molecule has 24 heavy (non-hydrogen) atoms. The van der Waals surface area contributed by atoms with Gasteiger partial charge in [-0.3, -0.25) is 0 Å². The zero-order valence-electron chi connectivity index (χ0n) is 15.1. The minimum Gasteiger partial charge on any atom is -0.166 e. The molecule has 0 aromatic heterocycles. The van der Waals surface area contributed by atoms with Gasteiger partial charge in [0.25, 0.3) is 0 Å². The number of rotatable bonds is 13. The van der Waals surface area contributed by atoms with E-state index in [-0.39, 0.29) is 0 Å². The first-order valence-corrected chi connectivity index (χ1v) is 9.70. The van der Waals surface area contributed by atoms with Crippen LogP contribution in [0.2, 0.25) is 0 Å². The topological polar surface area (TPSA) is 0 Å². The minimum atomic E-state index is -4.23. The molecule has 0 bridgehead atoms. The van der Waals surface area contributed by atoms with Crippen LogP contribution in [0.1, 0.15) is 95.1 Å². The molecule has 1 aromatic rings. The number of hydrogen-bond donors (Lipinski definition) is 0. The Morgan fingerprint density at radius 3 is 1.46 bits per heavy atom. The lowest BCUT2D eigenvalue weighted by atomic mass is 10.0. The summed E-state index contributed by atoms with van der Waals surface area (Å²) >= 11 is 0. The Morgan fingerprint density at radius 1 is 0.625 bits per heavy atom. The van der Waals surface area contributed by atoms with Crippen molar-refractivity contribution >= 4 is 0 Å². The van der Waals surface area contributed by atoms with Crippen molar-refractivity contribution in [1.29, 1.82) is 0 Å². The lowest BCUT2D eigenvalue weighted by Crippen LogP contribution is -2.04. The second-order valence-electron chi connectivity index (χ2n) is 6.83. The third-order valence-electron chi connectivity index (χ3n) is 4.60. The van der Waals surface area contributed by atoms with E-state index in [1.807, 2.05) is 0 Å². The van der Waals surface area contributed by atoms with Crippen molar-refractivity contribution in [2.24, 2.45) is 0 Å². The molecule has 0 fully saturated rings. The summed E-state index contributed by atoms with van der Waals surface area (Å²) < 4.78 is 37.4. The van der Waals surface area contributed by atoms with Crippen molar-refractivity contribution in [2.45, 2.75) is 96.6 Å². The van der Waals surface area contributed by atoms with Crippen LogP contribution in [0.4, 0.5) is 13.2 Å². The van der Waals surface area contributed by atoms with Crippen LogP contribution in [0, 0.1) is 0 Å². The fraction of sp³-hybridized carbons (Fsp3) is 0.714. The molecule has 0 saturated heterocycles. The van der Waals surface area contributed by atoms with Crippen molar-refractivity contribution in [3.8, 4) is 0 Å². The zero-order valence-corrected chi connectivity index (χ0v) is 15.1. The van der Waals surface area contributed by atoms with Crippen LogP contribution in [-0.2, 0) is 12.6 Å². The molecule has 1 aromatic carbocycles. The smallest absolute Gasteiger partial charge is 0.166 e. The van der Waals surface area contributed by atoms with Gasteiger partial charge in [0.05, 0.1) is 5.56 Å². The van der Waals surface area contributed by atoms with E-state index in [4.69, 9.17) is 0 Å². The number of alkyl halides is 3. The maximum absolute atomic E-state index is 12.5. The van der Waals surface area contributed by atoms with Gasteiger partial charge in [-0.1, -0.05) is 89.7 Å². The van der Waals surface area contributed by atoms with Crippen LogP contribution in [0.3, 0.4) is 0 Å². The Kier molecular flexibility index (Phi) is 10.9. The average molecular weight is 342 g/mol. The fourth-order valence-electron chi connectivity index (χ4n) is 3.03. The maximum Gasteiger partial charge on any atom is 0.416 e. The monoisotopic (exact) mass is 342 g/mol. The van der Waals surface area contributed by atoms with Crippen LogP contribution in [-0.4, -0.2) is 0 Å². The summed E-state index contributed by atoms with van der Waals surface area (Å²) in [4.78, 5) is 0. The molecule has 0 aliphatic carbocycles. The largest absolute Gasteiger partial charge is 0.416 e. The van der Waals surface area contributed by atoms with E-state index in [1.54, 1.807) is 12.1 Å². The SMILES string of the molecule is CCCCCCCCCCCCCCc1ccc(C(F)(F)F)cc1. The third-order valence-corrected chi connectivity index (χ3v) is 4.60. The number of benzene rings is 1. The lowest BCUT2D eigenvalue weighted by Gasteiger charge is -2.07. The first kappa shape index (κ1) is 21.1. The minimum absolute atomic E-state index is 0.555. The Hall–Kier alpha value is -0.990. The summed E-state index contributed by atoms with van der Waals surface area (Å²) in [6.07, 6.45) is 12.3. The number of unbranched alkanes of at least 4 members (excludes halogenated alkanes) is 11. The van der Waals surface area contributed by atoms with Crippen molar-refractivity contribution < 1.29 is 13.2 Å². The van der Waals surface area contributed by atoms with Gasteiger partial charge in [-0.25, -0.2) is 0 Å². The van der Waals surface area contributed by atoms with Crippen LogP contribution in [0.5, 0.6) is 0 Å². The highest BCUT2D eigenvalue weighted by Gasteiger charge is 2.29. The molecule has 0 aliphatic heterocycles. The summed E-state index contributed by atoms with van der Waals surface area (Å²) in [7, 11) is 0. The van der Waals surface area contributed by atoms with Gasteiger partial charge in [0.15, 0.2) is 0 Å². The van der Waals surface area contributed by atoms with Gasteiger partial charge in [0, 0.05) is 0 Å². The van der Waals surface area contributed by atoms with Gasteiger partial charge in [-0.2, -0.15) is 13.2 Å². The highest BCUT2D eigenvalue weighted by molar-refractivity contribution is 5.24. The number of hydrogen-bond acceptors (Lipinski definition) is 0. The second kappa shape index (κ2) is 12.4. The van der Waals surface area contributed by atoms with Gasteiger partial charge in [0.1, 0.15) is 0 Å². The molecule has 0 aliphatic rings. The number of aryl methyl sites for hydroxylation is 1. The highest BCUT2D eigenvalue weighted by atomic mass is 19.4. The van der Waals surface area contributed by atoms with Crippen LogP contribution >= 0.6 is 0 Å². The van der Waals surface area contributed by atoms with Crippen molar-refractivity contribution in [1.82, 2.24) is 0 Å². The molecule has 0 radical (unpaired) electrons. The standard InChI is InChI=1S/C21H33F3/c1-2-3-4-5-6-7-8-9-10-11-12-13-14-19-15-17-20(18-16-19)21(22,23)24/h15-18H,2-14H2,1H3. The van der Waals surface area contributed by atoms with Crippen molar-refractivity contribution in [3.05, 3.63) is 35.4 Å². The molecule has 0 atom stereocenters. The van der Waals surface area contributed by atoms with E-state index in [1.165, 1.54) is 82.8 Å². The molecule has 3 heteroatoms. The third kappa shape index (κ3) is 10.00. The van der Waals surface area contributed by atoms with E-state index in [0.29, 0.717) is 0 Å². The second-order valence-corrected chi connectivity index (χ2v) is 6.83. The Bertz CT molecular complexity index is 406. The summed E-state index contributed by atoms with van der Waals surface area (Å²) in [5, 5.41) is 0. The average Bonchev–Trinajstić information content (AvgIpc) is 2.55.